The second kappa shape index (κ2) is 9.01. The van der Waals surface area contributed by atoms with Crippen LogP contribution in [-0.4, -0.2) is 10.8 Å². The van der Waals surface area contributed by atoms with Crippen molar-refractivity contribution in [3.05, 3.63) is 99.6 Å². The quantitative estimate of drug-likeness (QED) is 0.412. The molecule has 3 aromatic carbocycles. The van der Waals surface area contributed by atoms with Crippen molar-refractivity contribution in [2.45, 2.75) is 12.5 Å². The molecular weight excluding hydrogens is 378 g/mol. The van der Waals surface area contributed by atoms with Crippen LogP contribution in [0.4, 0.5) is 17.1 Å². The molecule has 0 spiro atoms. The maximum absolute atomic E-state index is 12.5. The Labute approximate surface area is 167 Å². The molecule has 0 radical (unpaired) electrons. The molecular formula is C21H18ClN3O3. The smallest absolute Gasteiger partial charge is 0.269 e. The van der Waals surface area contributed by atoms with Crippen molar-refractivity contribution in [3.63, 3.8) is 0 Å². The molecule has 0 heterocycles. The number of carbonyl (C=O) groups excluding carboxylic acids is 1. The first-order valence-electron chi connectivity index (χ1n) is 8.62. The highest BCUT2D eigenvalue weighted by Crippen LogP contribution is 2.25. The number of nitrogens with one attached hydrogen (secondary N) is 2. The SMILES string of the molecule is O=C(CC(Nc1ccc([N+](=O)[O-])cc1)c1ccccc1)Nc1ccc(Cl)cc1. The van der Waals surface area contributed by atoms with E-state index in [1.54, 1.807) is 36.4 Å². The number of anilines is 2. The number of nitro benzene ring substituents is 1. The van der Waals surface area contributed by atoms with Crippen LogP contribution in [0.1, 0.15) is 18.0 Å². The van der Waals surface area contributed by atoms with Gasteiger partial charge in [-0.25, -0.2) is 0 Å². The number of nitrogens with zero attached hydrogens (tertiary/aromatic N) is 1. The van der Waals surface area contributed by atoms with Gasteiger partial charge in [0.05, 0.1) is 17.4 Å². The summed E-state index contributed by atoms with van der Waals surface area (Å²) >= 11 is 5.87. The summed E-state index contributed by atoms with van der Waals surface area (Å²) in [7, 11) is 0. The number of nitro groups is 1. The van der Waals surface area contributed by atoms with Gasteiger partial charge in [-0.1, -0.05) is 41.9 Å². The van der Waals surface area contributed by atoms with E-state index in [9.17, 15) is 14.9 Å². The Kier molecular flexibility index (Phi) is 6.24. The lowest BCUT2D eigenvalue weighted by Gasteiger charge is -2.20. The lowest BCUT2D eigenvalue weighted by molar-refractivity contribution is -0.384. The van der Waals surface area contributed by atoms with Gasteiger partial charge in [-0.05, 0) is 42.0 Å². The number of hydrogen-bond donors (Lipinski definition) is 2. The molecule has 0 aliphatic heterocycles. The van der Waals surface area contributed by atoms with Crippen molar-refractivity contribution >= 4 is 34.6 Å². The number of benzene rings is 3. The lowest BCUT2D eigenvalue weighted by Crippen LogP contribution is -2.20. The minimum absolute atomic E-state index is 0.0160. The van der Waals surface area contributed by atoms with Crippen molar-refractivity contribution in [2.75, 3.05) is 10.6 Å². The van der Waals surface area contributed by atoms with E-state index in [0.29, 0.717) is 16.4 Å². The van der Waals surface area contributed by atoms with Gasteiger partial charge >= 0.3 is 0 Å². The van der Waals surface area contributed by atoms with E-state index >= 15 is 0 Å². The summed E-state index contributed by atoms with van der Waals surface area (Å²) in [6.07, 6.45) is 0.184. The van der Waals surface area contributed by atoms with Gasteiger partial charge in [-0.3, -0.25) is 14.9 Å². The Balaban J connectivity index is 1.74. The Morgan fingerprint density at radius 2 is 1.54 bits per heavy atom. The molecule has 0 bridgehead atoms. The maximum Gasteiger partial charge on any atom is 0.269 e. The van der Waals surface area contributed by atoms with E-state index < -0.39 is 4.92 Å². The van der Waals surface area contributed by atoms with Gasteiger partial charge in [0.1, 0.15) is 0 Å². The van der Waals surface area contributed by atoms with E-state index in [1.807, 2.05) is 30.3 Å². The van der Waals surface area contributed by atoms with Gasteiger partial charge in [-0.15, -0.1) is 0 Å². The number of hydrogen-bond acceptors (Lipinski definition) is 4. The molecule has 3 aromatic rings. The fourth-order valence-corrected chi connectivity index (χ4v) is 2.87. The van der Waals surface area contributed by atoms with Crippen molar-refractivity contribution in [2.24, 2.45) is 0 Å². The Bertz CT molecular complexity index is 945. The summed E-state index contributed by atoms with van der Waals surface area (Å²) < 4.78 is 0. The summed E-state index contributed by atoms with van der Waals surface area (Å²) in [6, 6.07) is 22.3. The largest absolute Gasteiger partial charge is 0.378 e. The van der Waals surface area contributed by atoms with Gasteiger partial charge in [-0.2, -0.15) is 0 Å². The maximum atomic E-state index is 12.5. The number of non-ortho nitro benzene ring substituents is 1. The highest BCUT2D eigenvalue weighted by molar-refractivity contribution is 6.30. The summed E-state index contributed by atoms with van der Waals surface area (Å²) in [5.41, 5.74) is 2.31. The van der Waals surface area contributed by atoms with Gasteiger partial charge in [0.25, 0.3) is 5.69 Å². The van der Waals surface area contributed by atoms with Crippen LogP contribution in [0.2, 0.25) is 5.02 Å². The third-order valence-corrected chi connectivity index (χ3v) is 4.39. The Morgan fingerprint density at radius 3 is 2.14 bits per heavy atom. The molecule has 7 heteroatoms. The predicted octanol–water partition coefficient (Wildman–Crippen LogP) is 5.43. The van der Waals surface area contributed by atoms with Crippen molar-refractivity contribution < 1.29 is 9.72 Å². The van der Waals surface area contributed by atoms with Gasteiger partial charge in [0.15, 0.2) is 0 Å². The molecule has 0 aromatic heterocycles. The monoisotopic (exact) mass is 395 g/mol. The molecule has 0 fully saturated rings. The molecule has 142 valence electrons. The summed E-state index contributed by atoms with van der Waals surface area (Å²) in [5.74, 6) is -0.161. The van der Waals surface area contributed by atoms with Crippen LogP contribution in [-0.2, 0) is 4.79 Å². The molecule has 3 rings (SSSR count). The molecule has 28 heavy (non-hydrogen) atoms. The van der Waals surface area contributed by atoms with Gasteiger partial charge < -0.3 is 10.6 Å². The van der Waals surface area contributed by atoms with Crippen LogP contribution < -0.4 is 10.6 Å². The van der Waals surface area contributed by atoms with Crippen LogP contribution in [0.5, 0.6) is 0 Å². The normalized spacial score (nSPS) is 11.5. The van der Waals surface area contributed by atoms with Gasteiger partial charge in [0.2, 0.25) is 5.91 Å². The third kappa shape index (κ3) is 5.31. The topological polar surface area (TPSA) is 84.3 Å². The predicted molar refractivity (Wildman–Crippen MR) is 111 cm³/mol. The second-order valence-corrected chi connectivity index (χ2v) is 6.61. The van der Waals surface area contributed by atoms with Gasteiger partial charge in [0, 0.05) is 28.5 Å². The summed E-state index contributed by atoms with van der Waals surface area (Å²) in [6.45, 7) is 0. The van der Waals surface area contributed by atoms with Crippen LogP contribution in [0.25, 0.3) is 0 Å². The fraction of sp³-hybridized carbons (Fsp3) is 0.0952. The van der Waals surface area contributed by atoms with Crippen LogP contribution >= 0.6 is 11.6 Å². The lowest BCUT2D eigenvalue weighted by atomic mass is 10.0. The summed E-state index contributed by atoms with van der Waals surface area (Å²) in [4.78, 5) is 22.9. The van der Waals surface area contributed by atoms with E-state index in [-0.39, 0.29) is 24.1 Å². The van der Waals surface area contributed by atoms with E-state index in [2.05, 4.69) is 10.6 Å². The molecule has 1 atom stereocenters. The van der Waals surface area contributed by atoms with Crippen molar-refractivity contribution in [1.29, 1.82) is 0 Å². The molecule has 1 amide bonds. The summed E-state index contributed by atoms with van der Waals surface area (Å²) in [5, 5.41) is 17.6. The van der Waals surface area contributed by atoms with Crippen LogP contribution in [0.3, 0.4) is 0 Å². The number of halogens is 1. The first-order valence-corrected chi connectivity index (χ1v) is 9.00. The van der Waals surface area contributed by atoms with E-state index in [1.165, 1.54) is 12.1 Å². The highest BCUT2D eigenvalue weighted by atomic mass is 35.5. The first-order chi connectivity index (χ1) is 13.5. The van der Waals surface area contributed by atoms with Crippen LogP contribution in [0.15, 0.2) is 78.9 Å². The standard InChI is InChI=1S/C21H18ClN3O3/c22-16-6-8-18(9-7-16)24-21(26)14-20(15-4-2-1-3-5-15)23-17-10-12-19(13-11-17)25(27)28/h1-13,20,23H,14H2,(H,24,26). The molecule has 0 aliphatic rings. The molecule has 6 nitrogen and oxygen atoms in total. The molecule has 0 saturated heterocycles. The molecule has 0 aliphatic carbocycles. The molecule has 1 unspecified atom stereocenters. The Morgan fingerprint density at radius 1 is 0.929 bits per heavy atom. The molecule has 0 saturated carbocycles. The fourth-order valence-electron chi connectivity index (χ4n) is 2.75. The Hall–Kier alpha value is -3.38. The average Bonchev–Trinajstić information content (AvgIpc) is 2.70. The zero-order valence-corrected chi connectivity index (χ0v) is 15.6. The zero-order chi connectivity index (χ0) is 19.9. The first kappa shape index (κ1) is 19.4. The highest BCUT2D eigenvalue weighted by Gasteiger charge is 2.17. The van der Waals surface area contributed by atoms with E-state index in [0.717, 1.165) is 5.56 Å². The number of rotatable bonds is 7. The number of amides is 1. The van der Waals surface area contributed by atoms with Crippen molar-refractivity contribution in [3.8, 4) is 0 Å². The minimum Gasteiger partial charge on any atom is -0.378 e. The second-order valence-electron chi connectivity index (χ2n) is 6.17. The van der Waals surface area contributed by atoms with Crippen molar-refractivity contribution in [1.82, 2.24) is 0 Å². The third-order valence-electron chi connectivity index (χ3n) is 4.14. The number of carbonyl (C=O) groups is 1. The van der Waals surface area contributed by atoms with Crippen LogP contribution in [0, 0.1) is 10.1 Å². The molecule has 2 N–H and O–H groups in total. The average molecular weight is 396 g/mol. The zero-order valence-electron chi connectivity index (χ0n) is 14.8. The van der Waals surface area contributed by atoms with E-state index in [4.69, 9.17) is 11.6 Å². The minimum atomic E-state index is -0.446.